The van der Waals surface area contributed by atoms with Gasteiger partial charge in [0.05, 0.1) is 18.3 Å². The van der Waals surface area contributed by atoms with Gasteiger partial charge >= 0.3 is 0 Å². The van der Waals surface area contributed by atoms with Gasteiger partial charge in [-0.05, 0) is 12.8 Å². The SMILES string of the molecule is BrCCc1cn(C2CCCOC2)nn1. The molecule has 2 heterocycles. The van der Waals surface area contributed by atoms with Gasteiger partial charge in [-0.2, -0.15) is 0 Å². The van der Waals surface area contributed by atoms with E-state index in [1.54, 1.807) is 0 Å². The van der Waals surface area contributed by atoms with E-state index < -0.39 is 0 Å². The first-order valence-electron chi connectivity index (χ1n) is 4.94. The molecule has 1 aromatic rings. The van der Waals surface area contributed by atoms with Crippen molar-refractivity contribution in [2.45, 2.75) is 25.3 Å². The first-order chi connectivity index (χ1) is 6.90. The van der Waals surface area contributed by atoms with Crippen LogP contribution >= 0.6 is 15.9 Å². The molecule has 4 nitrogen and oxygen atoms in total. The van der Waals surface area contributed by atoms with Crippen LogP contribution in [0.4, 0.5) is 0 Å². The number of aromatic nitrogens is 3. The van der Waals surface area contributed by atoms with Gasteiger partial charge in [0.1, 0.15) is 0 Å². The van der Waals surface area contributed by atoms with Crippen LogP contribution in [0.15, 0.2) is 6.20 Å². The Balaban J connectivity index is 2.00. The van der Waals surface area contributed by atoms with E-state index in [2.05, 4.69) is 26.2 Å². The molecule has 0 amide bonds. The van der Waals surface area contributed by atoms with Gasteiger partial charge in [-0.25, -0.2) is 4.68 Å². The van der Waals surface area contributed by atoms with Gasteiger partial charge in [-0.1, -0.05) is 21.1 Å². The van der Waals surface area contributed by atoms with Gasteiger partial charge in [-0.15, -0.1) is 5.10 Å². The molecule has 0 aromatic carbocycles. The summed E-state index contributed by atoms with van der Waals surface area (Å²) < 4.78 is 7.35. The highest BCUT2D eigenvalue weighted by molar-refractivity contribution is 9.09. The monoisotopic (exact) mass is 259 g/mol. The van der Waals surface area contributed by atoms with Crippen LogP contribution in [0.1, 0.15) is 24.6 Å². The minimum atomic E-state index is 0.389. The Morgan fingerprint density at radius 2 is 2.57 bits per heavy atom. The van der Waals surface area contributed by atoms with Crippen molar-refractivity contribution in [2.24, 2.45) is 0 Å². The third-order valence-electron chi connectivity index (χ3n) is 2.42. The Bertz CT molecular complexity index is 283. The summed E-state index contributed by atoms with van der Waals surface area (Å²) in [5.74, 6) is 0. The summed E-state index contributed by atoms with van der Waals surface area (Å²) >= 11 is 3.39. The summed E-state index contributed by atoms with van der Waals surface area (Å²) in [5.41, 5.74) is 1.05. The van der Waals surface area contributed by atoms with Crippen molar-refractivity contribution in [2.75, 3.05) is 18.5 Å². The van der Waals surface area contributed by atoms with Crippen LogP contribution in [-0.4, -0.2) is 33.5 Å². The summed E-state index contributed by atoms with van der Waals surface area (Å²) in [4.78, 5) is 0. The van der Waals surface area contributed by atoms with Crippen LogP contribution in [0.3, 0.4) is 0 Å². The standard InChI is InChI=1S/C9H14BrN3O/c10-4-3-8-6-13(12-11-8)9-2-1-5-14-7-9/h6,9H,1-5,7H2. The largest absolute Gasteiger partial charge is 0.379 e. The van der Waals surface area contributed by atoms with E-state index in [9.17, 15) is 0 Å². The van der Waals surface area contributed by atoms with Crippen LogP contribution < -0.4 is 0 Å². The summed E-state index contributed by atoms with van der Waals surface area (Å²) in [6, 6.07) is 0.389. The van der Waals surface area contributed by atoms with Gasteiger partial charge < -0.3 is 4.74 Å². The van der Waals surface area contributed by atoms with Crippen molar-refractivity contribution in [1.29, 1.82) is 0 Å². The van der Waals surface area contributed by atoms with Gasteiger partial charge in [-0.3, -0.25) is 0 Å². The number of rotatable bonds is 3. The molecule has 0 bridgehead atoms. The highest BCUT2D eigenvalue weighted by atomic mass is 79.9. The lowest BCUT2D eigenvalue weighted by Gasteiger charge is -2.21. The molecule has 0 radical (unpaired) electrons. The Labute approximate surface area is 91.8 Å². The molecule has 5 heteroatoms. The molecule has 1 aliphatic rings. The van der Waals surface area contributed by atoms with E-state index in [1.807, 2.05) is 10.9 Å². The number of ether oxygens (including phenoxy) is 1. The van der Waals surface area contributed by atoms with Crippen molar-refractivity contribution < 1.29 is 4.74 Å². The smallest absolute Gasteiger partial charge is 0.0835 e. The quantitative estimate of drug-likeness (QED) is 0.774. The Hall–Kier alpha value is -0.420. The van der Waals surface area contributed by atoms with Crippen LogP contribution in [-0.2, 0) is 11.2 Å². The fourth-order valence-electron chi connectivity index (χ4n) is 1.64. The van der Waals surface area contributed by atoms with Crippen molar-refractivity contribution >= 4 is 15.9 Å². The second kappa shape index (κ2) is 4.89. The molecule has 0 saturated carbocycles. The number of hydrogen-bond acceptors (Lipinski definition) is 3. The molecule has 1 aliphatic heterocycles. The highest BCUT2D eigenvalue weighted by Gasteiger charge is 2.16. The molecule has 0 aliphatic carbocycles. The maximum absolute atomic E-state index is 5.41. The second-order valence-electron chi connectivity index (χ2n) is 3.50. The van der Waals surface area contributed by atoms with Crippen LogP contribution in [0.5, 0.6) is 0 Å². The first-order valence-corrected chi connectivity index (χ1v) is 6.06. The molecular formula is C9H14BrN3O. The molecule has 0 N–H and O–H groups in total. The summed E-state index contributed by atoms with van der Waals surface area (Å²) in [6.45, 7) is 1.66. The average molecular weight is 260 g/mol. The molecule has 14 heavy (non-hydrogen) atoms. The predicted molar refractivity (Wildman–Crippen MR) is 56.6 cm³/mol. The number of halogens is 1. The van der Waals surface area contributed by atoms with E-state index in [-0.39, 0.29) is 0 Å². The van der Waals surface area contributed by atoms with Crippen molar-refractivity contribution in [1.82, 2.24) is 15.0 Å². The molecule has 1 unspecified atom stereocenters. The number of aryl methyl sites for hydroxylation is 1. The normalized spacial score (nSPS) is 22.5. The van der Waals surface area contributed by atoms with Crippen molar-refractivity contribution in [3.05, 3.63) is 11.9 Å². The molecular weight excluding hydrogens is 246 g/mol. The molecule has 1 aromatic heterocycles. The van der Waals surface area contributed by atoms with E-state index in [4.69, 9.17) is 4.74 Å². The van der Waals surface area contributed by atoms with E-state index in [0.717, 1.165) is 43.5 Å². The number of alkyl halides is 1. The molecule has 78 valence electrons. The van der Waals surface area contributed by atoms with Gasteiger partial charge in [0, 0.05) is 24.6 Å². The van der Waals surface area contributed by atoms with Crippen molar-refractivity contribution in [3.8, 4) is 0 Å². The van der Waals surface area contributed by atoms with E-state index in [0.29, 0.717) is 6.04 Å². The molecule has 1 saturated heterocycles. The molecule has 0 spiro atoms. The van der Waals surface area contributed by atoms with Gasteiger partial charge in [0.15, 0.2) is 0 Å². The summed E-state index contributed by atoms with van der Waals surface area (Å²) in [5, 5.41) is 9.17. The van der Waals surface area contributed by atoms with Crippen LogP contribution in [0.25, 0.3) is 0 Å². The van der Waals surface area contributed by atoms with E-state index in [1.165, 1.54) is 0 Å². The lowest BCUT2D eigenvalue weighted by molar-refractivity contribution is 0.0543. The van der Waals surface area contributed by atoms with E-state index >= 15 is 0 Å². The molecule has 1 atom stereocenters. The third-order valence-corrected chi connectivity index (χ3v) is 2.82. The van der Waals surface area contributed by atoms with Gasteiger partial charge in [0.25, 0.3) is 0 Å². The maximum atomic E-state index is 5.41. The second-order valence-corrected chi connectivity index (χ2v) is 4.29. The fraction of sp³-hybridized carbons (Fsp3) is 0.778. The van der Waals surface area contributed by atoms with Crippen LogP contribution in [0.2, 0.25) is 0 Å². The van der Waals surface area contributed by atoms with Crippen molar-refractivity contribution in [3.63, 3.8) is 0 Å². The maximum Gasteiger partial charge on any atom is 0.0835 e. The Kier molecular flexibility index (Phi) is 3.53. The van der Waals surface area contributed by atoms with Crippen LogP contribution in [0, 0.1) is 0 Å². The lowest BCUT2D eigenvalue weighted by Crippen LogP contribution is -2.21. The predicted octanol–water partition coefficient (Wildman–Crippen LogP) is 1.57. The lowest BCUT2D eigenvalue weighted by atomic mass is 10.1. The first kappa shape index (κ1) is 10.1. The third kappa shape index (κ3) is 2.33. The minimum absolute atomic E-state index is 0.389. The summed E-state index contributed by atoms with van der Waals surface area (Å²) in [6.07, 6.45) is 5.24. The fourth-order valence-corrected chi connectivity index (χ4v) is 2.04. The zero-order valence-electron chi connectivity index (χ0n) is 8.03. The summed E-state index contributed by atoms with van der Waals surface area (Å²) in [7, 11) is 0. The minimum Gasteiger partial charge on any atom is -0.379 e. The zero-order chi connectivity index (χ0) is 9.80. The molecule has 1 fully saturated rings. The number of hydrogen-bond donors (Lipinski definition) is 0. The molecule has 2 rings (SSSR count). The van der Waals surface area contributed by atoms with Gasteiger partial charge in [0.2, 0.25) is 0 Å². The Morgan fingerprint density at radius 3 is 3.29 bits per heavy atom. The zero-order valence-corrected chi connectivity index (χ0v) is 9.61. The average Bonchev–Trinajstić information content (AvgIpc) is 2.68. The highest BCUT2D eigenvalue weighted by Crippen LogP contribution is 2.18. The number of nitrogens with zero attached hydrogens (tertiary/aromatic N) is 3. The topological polar surface area (TPSA) is 39.9 Å². The Morgan fingerprint density at radius 1 is 1.64 bits per heavy atom.